The van der Waals surface area contributed by atoms with Crippen LogP contribution in [0.3, 0.4) is 0 Å². The molecule has 4 nitrogen and oxygen atoms in total. The summed E-state index contributed by atoms with van der Waals surface area (Å²) < 4.78 is 0. The molecule has 21 heavy (non-hydrogen) atoms. The van der Waals surface area contributed by atoms with E-state index in [0.717, 1.165) is 44.7 Å². The second-order valence-electron chi connectivity index (χ2n) is 7.85. The number of hydrogen-bond donors (Lipinski definition) is 1. The Morgan fingerprint density at radius 3 is 2.10 bits per heavy atom. The van der Waals surface area contributed by atoms with Gasteiger partial charge < -0.3 is 10.2 Å². The summed E-state index contributed by atoms with van der Waals surface area (Å²) in [6.45, 7) is 13.5. The molecule has 0 unspecified atom stereocenters. The Bertz CT molecular complexity index is 334. The third-order valence-electron chi connectivity index (χ3n) is 5.01. The first-order chi connectivity index (χ1) is 9.85. The van der Waals surface area contributed by atoms with E-state index >= 15 is 0 Å². The summed E-state index contributed by atoms with van der Waals surface area (Å²) in [4.78, 5) is 16.0. The predicted molar refractivity (Wildman–Crippen MR) is 87.3 cm³/mol. The van der Waals surface area contributed by atoms with Gasteiger partial charge in [-0.15, -0.1) is 0 Å². The lowest BCUT2D eigenvalue weighted by Crippen LogP contribution is -2.52. The smallest absolute Gasteiger partial charge is 0.219 e. The van der Waals surface area contributed by atoms with Crippen LogP contribution in [0.2, 0.25) is 0 Å². The minimum Gasteiger partial charge on any atom is -0.340 e. The lowest BCUT2D eigenvalue weighted by Gasteiger charge is -2.42. The number of nitrogens with zero attached hydrogens (tertiary/aromatic N) is 2. The van der Waals surface area contributed by atoms with Gasteiger partial charge in [0.1, 0.15) is 0 Å². The highest BCUT2D eigenvalue weighted by Crippen LogP contribution is 2.28. The molecule has 2 aliphatic rings. The average Bonchev–Trinajstić information content (AvgIpc) is 2.45. The fraction of sp³-hybridized carbons (Fsp3) is 0.941. The molecule has 0 spiro atoms. The molecule has 0 aromatic rings. The van der Waals surface area contributed by atoms with Crippen LogP contribution in [0.5, 0.6) is 0 Å². The van der Waals surface area contributed by atoms with Crippen molar-refractivity contribution in [3.63, 3.8) is 0 Å². The molecule has 4 heteroatoms. The predicted octanol–water partition coefficient (Wildman–Crippen LogP) is 2.10. The van der Waals surface area contributed by atoms with Crippen LogP contribution >= 0.6 is 0 Å². The van der Waals surface area contributed by atoms with Gasteiger partial charge in [-0.3, -0.25) is 9.69 Å². The minimum atomic E-state index is 0.228. The Balaban J connectivity index is 1.69. The first-order valence-electron chi connectivity index (χ1n) is 8.60. The first-order valence-corrected chi connectivity index (χ1v) is 8.60. The molecule has 0 bridgehead atoms. The van der Waals surface area contributed by atoms with Gasteiger partial charge in [0.15, 0.2) is 0 Å². The van der Waals surface area contributed by atoms with Crippen LogP contribution in [-0.4, -0.2) is 60.0 Å². The molecule has 1 heterocycles. The summed E-state index contributed by atoms with van der Waals surface area (Å²) >= 11 is 0. The number of rotatable bonds is 3. The quantitative estimate of drug-likeness (QED) is 0.866. The number of carbonyl (C=O) groups excluding carboxylic acids is 1. The van der Waals surface area contributed by atoms with Crippen molar-refractivity contribution in [3.05, 3.63) is 0 Å². The van der Waals surface area contributed by atoms with E-state index in [9.17, 15) is 4.79 Å². The van der Waals surface area contributed by atoms with Crippen LogP contribution in [0.25, 0.3) is 0 Å². The number of carbonyl (C=O) groups is 1. The van der Waals surface area contributed by atoms with Gasteiger partial charge >= 0.3 is 0 Å². The first kappa shape index (κ1) is 16.8. The fourth-order valence-corrected chi connectivity index (χ4v) is 3.57. The second kappa shape index (κ2) is 7.10. The number of hydrogen-bond acceptors (Lipinski definition) is 3. The summed E-state index contributed by atoms with van der Waals surface area (Å²) in [7, 11) is 0. The zero-order valence-corrected chi connectivity index (χ0v) is 14.3. The van der Waals surface area contributed by atoms with E-state index < -0.39 is 0 Å². The molecule has 1 aliphatic heterocycles. The van der Waals surface area contributed by atoms with Crippen molar-refractivity contribution >= 4 is 5.91 Å². The molecular weight excluding hydrogens is 262 g/mol. The van der Waals surface area contributed by atoms with Crippen LogP contribution in [0, 0.1) is 5.92 Å². The standard InChI is InChI=1S/C17H33N3O/c1-14(21)19-9-11-20(12-10-19)16-7-5-15(6-8-16)13-18-17(2,3)4/h15-16,18H,5-13H2,1-4H3. The van der Waals surface area contributed by atoms with E-state index in [2.05, 4.69) is 31.0 Å². The highest BCUT2D eigenvalue weighted by molar-refractivity contribution is 5.73. The summed E-state index contributed by atoms with van der Waals surface area (Å²) in [6, 6.07) is 0.755. The van der Waals surface area contributed by atoms with Crippen molar-refractivity contribution in [2.45, 2.75) is 65.0 Å². The number of piperazine rings is 1. The van der Waals surface area contributed by atoms with E-state index in [1.807, 2.05) is 4.90 Å². The van der Waals surface area contributed by atoms with Gasteiger partial charge in [-0.25, -0.2) is 0 Å². The van der Waals surface area contributed by atoms with Crippen LogP contribution in [0.15, 0.2) is 0 Å². The van der Waals surface area contributed by atoms with Gasteiger partial charge in [-0.2, -0.15) is 0 Å². The zero-order valence-electron chi connectivity index (χ0n) is 14.3. The summed E-state index contributed by atoms with van der Waals surface area (Å²) in [6.07, 6.45) is 5.36. The fourth-order valence-electron chi connectivity index (χ4n) is 3.57. The van der Waals surface area contributed by atoms with Crippen molar-refractivity contribution in [3.8, 4) is 0 Å². The molecule has 0 aromatic carbocycles. The second-order valence-corrected chi connectivity index (χ2v) is 7.85. The summed E-state index contributed by atoms with van der Waals surface area (Å²) in [5.41, 5.74) is 0.236. The molecule has 1 aliphatic carbocycles. The monoisotopic (exact) mass is 295 g/mol. The largest absolute Gasteiger partial charge is 0.340 e. The van der Waals surface area contributed by atoms with E-state index in [-0.39, 0.29) is 11.4 Å². The lowest BCUT2D eigenvalue weighted by atomic mass is 9.84. The molecule has 2 fully saturated rings. The third kappa shape index (κ3) is 5.26. The topological polar surface area (TPSA) is 35.6 Å². The molecule has 2 rings (SSSR count). The summed E-state index contributed by atoms with van der Waals surface area (Å²) in [5, 5.41) is 3.65. The van der Waals surface area contributed by atoms with Gasteiger partial charge in [-0.1, -0.05) is 0 Å². The van der Waals surface area contributed by atoms with E-state index in [0.29, 0.717) is 0 Å². The van der Waals surface area contributed by atoms with Crippen LogP contribution in [-0.2, 0) is 4.79 Å². The highest BCUT2D eigenvalue weighted by atomic mass is 16.2. The van der Waals surface area contributed by atoms with Crippen molar-refractivity contribution in [1.82, 2.24) is 15.1 Å². The number of nitrogens with one attached hydrogen (secondary N) is 1. The maximum atomic E-state index is 11.4. The lowest BCUT2D eigenvalue weighted by molar-refractivity contribution is -0.131. The Morgan fingerprint density at radius 2 is 1.62 bits per heavy atom. The highest BCUT2D eigenvalue weighted by Gasteiger charge is 2.29. The minimum absolute atomic E-state index is 0.228. The molecule has 0 radical (unpaired) electrons. The van der Waals surface area contributed by atoms with E-state index in [1.54, 1.807) is 6.92 Å². The van der Waals surface area contributed by atoms with Gasteiger partial charge in [0.2, 0.25) is 5.91 Å². The van der Waals surface area contributed by atoms with Gasteiger partial charge in [0.25, 0.3) is 0 Å². The molecule has 1 N–H and O–H groups in total. The summed E-state index contributed by atoms with van der Waals surface area (Å²) in [5.74, 6) is 1.07. The molecule has 1 saturated carbocycles. The Hall–Kier alpha value is -0.610. The molecule has 0 atom stereocenters. The third-order valence-corrected chi connectivity index (χ3v) is 5.01. The van der Waals surface area contributed by atoms with E-state index in [4.69, 9.17) is 0 Å². The van der Waals surface area contributed by atoms with Crippen LogP contribution in [0.4, 0.5) is 0 Å². The maximum absolute atomic E-state index is 11.4. The van der Waals surface area contributed by atoms with Crippen molar-refractivity contribution in [2.75, 3.05) is 32.7 Å². The average molecular weight is 295 g/mol. The molecule has 122 valence electrons. The van der Waals surface area contributed by atoms with Crippen molar-refractivity contribution in [1.29, 1.82) is 0 Å². The Kier molecular flexibility index (Phi) is 5.67. The SMILES string of the molecule is CC(=O)N1CCN(C2CCC(CNC(C)(C)C)CC2)CC1. The van der Waals surface area contributed by atoms with Crippen LogP contribution < -0.4 is 5.32 Å². The van der Waals surface area contributed by atoms with E-state index in [1.165, 1.54) is 25.7 Å². The molecule has 1 amide bonds. The van der Waals surface area contributed by atoms with Crippen LogP contribution in [0.1, 0.15) is 53.4 Å². The van der Waals surface area contributed by atoms with Gasteiger partial charge in [0.05, 0.1) is 0 Å². The zero-order chi connectivity index (χ0) is 15.5. The van der Waals surface area contributed by atoms with Crippen molar-refractivity contribution in [2.24, 2.45) is 5.92 Å². The Labute approximate surface area is 130 Å². The molecular formula is C17H33N3O. The molecule has 0 aromatic heterocycles. The number of amides is 1. The maximum Gasteiger partial charge on any atom is 0.219 e. The Morgan fingerprint density at radius 1 is 1.05 bits per heavy atom. The van der Waals surface area contributed by atoms with Gasteiger partial charge in [0, 0.05) is 44.7 Å². The van der Waals surface area contributed by atoms with Crippen molar-refractivity contribution < 1.29 is 4.79 Å². The van der Waals surface area contributed by atoms with Gasteiger partial charge in [-0.05, 0) is 58.9 Å². The molecule has 1 saturated heterocycles. The normalized spacial score (nSPS) is 28.7.